The van der Waals surface area contributed by atoms with E-state index in [-0.39, 0.29) is 5.54 Å². The Morgan fingerprint density at radius 3 is 1.76 bits per heavy atom. The van der Waals surface area contributed by atoms with Gasteiger partial charge in [-0.1, -0.05) is 6.92 Å². The Labute approximate surface area is 202 Å². The number of hydrogen-bond donors (Lipinski definition) is 0. The fraction of sp³-hybridized carbons (Fsp3) is 0.609. The van der Waals surface area contributed by atoms with Crippen LogP contribution in [0.3, 0.4) is 0 Å². The number of ether oxygens (including phenoxy) is 4. The van der Waals surface area contributed by atoms with Gasteiger partial charge >= 0.3 is 14.5 Å². The maximum absolute atomic E-state index is 12.3. The molecule has 0 radical (unpaired) electrons. The predicted octanol–water partition coefficient (Wildman–Crippen LogP) is 5.82. The average molecular weight is 515 g/mol. The molecule has 0 aliphatic carbocycles. The first kappa shape index (κ1) is 29.4. The lowest BCUT2D eigenvalue weighted by Crippen LogP contribution is -2.55. The highest BCUT2D eigenvalue weighted by Gasteiger charge is 2.44. The number of rotatable bonds is 13. The molecule has 0 N–H and O–H groups in total. The standard InChI is InChI=1S/C23H42O7Si3/c1-18(33(11,29-31(5,6)7)30-32(8,9)10)14-15-28-22(24)13-12-19-16-20(25-2)23(27-4)21(17-19)26-3/h12-13,16-18H,14-15H2,1-11H3. The summed E-state index contributed by atoms with van der Waals surface area (Å²) < 4.78 is 34.7. The van der Waals surface area contributed by atoms with Gasteiger partial charge in [0, 0.05) is 11.6 Å². The number of carbonyl (C=O) groups excluding carboxylic acids is 1. The lowest BCUT2D eigenvalue weighted by molar-refractivity contribution is -0.137. The number of hydrogen-bond acceptors (Lipinski definition) is 7. The summed E-state index contributed by atoms with van der Waals surface area (Å²) in [5, 5.41) is 0. The molecular formula is C23H42O7Si3. The Bertz CT molecular complexity index is 772. The van der Waals surface area contributed by atoms with Crippen LogP contribution >= 0.6 is 0 Å². The molecule has 0 aliphatic rings. The van der Waals surface area contributed by atoms with Crippen LogP contribution in [0.25, 0.3) is 6.08 Å². The molecule has 0 spiro atoms. The van der Waals surface area contributed by atoms with E-state index in [4.69, 9.17) is 27.2 Å². The van der Waals surface area contributed by atoms with Crippen LogP contribution < -0.4 is 14.2 Å². The third kappa shape index (κ3) is 10.0. The molecule has 33 heavy (non-hydrogen) atoms. The van der Waals surface area contributed by atoms with Gasteiger partial charge in [-0.15, -0.1) is 0 Å². The third-order valence-corrected chi connectivity index (χ3v) is 15.0. The molecule has 1 aromatic carbocycles. The number of benzene rings is 1. The van der Waals surface area contributed by atoms with Crippen molar-refractivity contribution in [2.24, 2.45) is 0 Å². The van der Waals surface area contributed by atoms with Gasteiger partial charge in [-0.25, -0.2) is 4.79 Å². The van der Waals surface area contributed by atoms with Gasteiger partial charge in [0.15, 0.2) is 28.1 Å². The van der Waals surface area contributed by atoms with Crippen LogP contribution in [0.1, 0.15) is 18.9 Å². The smallest absolute Gasteiger partial charge is 0.330 e. The van der Waals surface area contributed by atoms with Crippen molar-refractivity contribution in [1.29, 1.82) is 0 Å². The van der Waals surface area contributed by atoms with Crippen molar-refractivity contribution in [3.8, 4) is 17.2 Å². The van der Waals surface area contributed by atoms with Crippen LogP contribution in [0.15, 0.2) is 18.2 Å². The number of esters is 1. The third-order valence-electron chi connectivity index (χ3n) is 4.81. The van der Waals surface area contributed by atoms with Gasteiger partial charge in [-0.2, -0.15) is 0 Å². The van der Waals surface area contributed by atoms with E-state index in [1.54, 1.807) is 39.5 Å². The summed E-state index contributed by atoms with van der Waals surface area (Å²) in [6, 6.07) is 3.54. The van der Waals surface area contributed by atoms with Crippen LogP contribution in [0.2, 0.25) is 51.4 Å². The summed E-state index contributed by atoms with van der Waals surface area (Å²) in [5.41, 5.74) is 0.935. The van der Waals surface area contributed by atoms with Crippen molar-refractivity contribution in [3.05, 3.63) is 23.8 Å². The molecule has 0 saturated heterocycles. The fourth-order valence-electron chi connectivity index (χ4n) is 3.45. The van der Waals surface area contributed by atoms with E-state index in [9.17, 15) is 4.79 Å². The second-order valence-electron chi connectivity index (χ2n) is 10.1. The summed E-state index contributed by atoms with van der Waals surface area (Å²) in [6.45, 7) is 17.7. The highest BCUT2D eigenvalue weighted by atomic mass is 28.5. The van der Waals surface area contributed by atoms with Gasteiger partial charge in [0.1, 0.15) is 0 Å². The van der Waals surface area contributed by atoms with Crippen LogP contribution in [0.5, 0.6) is 17.2 Å². The van der Waals surface area contributed by atoms with Crippen LogP contribution in [0.4, 0.5) is 0 Å². The van der Waals surface area contributed by atoms with Crippen LogP contribution in [-0.2, 0) is 17.8 Å². The second-order valence-corrected chi connectivity index (χ2v) is 23.2. The number of methoxy groups -OCH3 is 3. The summed E-state index contributed by atoms with van der Waals surface area (Å²) in [7, 11) is -1.33. The second kappa shape index (κ2) is 12.2. The van der Waals surface area contributed by atoms with Crippen LogP contribution in [0, 0.1) is 0 Å². The highest BCUT2D eigenvalue weighted by molar-refractivity contribution is 6.88. The summed E-state index contributed by atoms with van der Waals surface area (Å²) in [4.78, 5) is 12.3. The van der Waals surface area contributed by atoms with Crippen molar-refractivity contribution in [2.75, 3.05) is 27.9 Å². The zero-order valence-corrected chi connectivity index (χ0v) is 25.2. The van der Waals surface area contributed by atoms with Crippen molar-refractivity contribution in [1.82, 2.24) is 0 Å². The lowest BCUT2D eigenvalue weighted by atomic mass is 10.1. The van der Waals surface area contributed by atoms with Crippen molar-refractivity contribution < 1.29 is 32.0 Å². The fourth-order valence-corrected chi connectivity index (χ4v) is 16.0. The average Bonchev–Trinajstić information content (AvgIpc) is 2.68. The first-order chi connectivity index (χ1) is 15.1. The molecule has 0 aliphatic heterocycles. The Morgan fingerprint density at radius 2 is 1.36 bits per heavy atom. The molecule has 188 valence electrons. The van der Waals surface area contributed by atoms with E-state index in [0.29, 0.717) is 30.3 Å². The van der Waals surface area contributed by atoms with Crippen LogP contribution in [-0.4, -0.2) is 59.1 Å². The molecule has 1 atom stereocenters. The molecule has 1 unspecified atom stereocenters. The van der Waals surface area contributed by atoms with Gasteiger partial charge < -0.3 is 27.2 Å². The van der Waals surface area contributed by atoms with E-state index in [1.165, 1.54) is 6.08 Å². The van der Waals surface area contributed by atoms with Gasteiger partial charge in [-0.05, 0) is 76.0 Å². The zero-order valence-electron chi connectivity index (χ0n) is 22.2. The first-order valence-electron chi connectivity index (χ1n) is 11.2. The Hall–Kier alpha value is -1.60. The minimum absolute atomic E-state index is 0.197. The Morgan fingerprint density at radius 1 is 0.879 bits per heavy atom. The quantitative estimate of drug-likeness (QED) is 0.186. The minimum Gasteiger partial charge on any atom is -0.493 e. The van der Waals surface area contributed by atoms with E-state index in [2.05, 4.69) is 52.8 Å². The van der Waals surface area contributed by atoms with E-state index >= 15 is 0 Å². The summed E-state index contributed by atoms with van der Waals surface area (Å²) in [5.74, 6) is 1.14. The van der Waals surface area contributed by atoms with Gasteiger partial charge in [0.25, 0.3) is 0 Å². The lowest BCUT2D eigenvalue weighted by Gasteiger charge is -2.42. The first-order valence-corrected chi connectivity index (χ1v) is 20.4. The minimum atomic E-state index is -2.42. The van der Waals surface area contributed by atoms with E-state index < -0.39 is 31.2 Å². The molecule has 7 nitrogen and oxygen atoms in total. The van der Waals surface area contributed by atoms with Crippen molar-refractivity contribution in [3.63, 3.8) is 0 Å². The SMILES string of the molecule is COc1cc(C=CC(=O)OCCC(C)[Si](C)(O[Si](C)(C)C)O[Si](C)(C)C)cc(OC)c1OC. The summed E-state index contributed by atoms with van der Waals surface area (Å²) >= 11 is 0. The molecule has 0 aromatic heterocycles. The van der Waals surface area contributed by atoms with Crippen molar-refractivity contribution in [2.45, 2.75) is 64.7 Å². The molecular weight excluding hydrogens is 473 g/mol. The molecule has 1 aromatic rings. The van der Waals surface area contributed by atoms with Gasteiger partial charge in [-0.3, -0.25) is 0 Å². The molecule has 0 bridgehead atoms. The van der Waals surface area contributed by atoms with Gasteiger partial charge in [0.05, 0.1) is 27.9 Å². The monoisotopic (exact) mass is 514 g/mol. The molecule has 1 rings (SSSR count). The maximum atomic E-state index is 12.3. The zero-order chi connectivity index (χ0) is 25.4. The van der Waals surface area contributed by atoms with Gasteiger partial charge in [0.2, 0.25) is 5.75 Å². The highest BCUT2D eigenvalue weighted by Crippen LogP contribution is 2.38. The molecule has 0 fully saturated rings. The Balaban J connectivity index is 2.79. The normalized spacial score (nSPS) is 13.7. The van der Waals surface area contributed by atoms with Crippen molar-refractivity contribution >= 4 is 37.2 Å². The predicted molar refractivity (Wildman–Crippen MR) is 141 cm³/mol. The largest absolute Gasteiger partial charge is 0.493 e. The molecule has 0 heterocycles. The maximum Gasteiger partial charge on any atom is 0.330 e. The summed E-state index contributed by atoms with van der Waals surface area (Å²) in [6.07, 6.45) is 3.76. The van der Waals surface area contributed by atoms with E-state index in [0.717, 1.165) is 5.56 Å². The molecule has 0 saturated carbocycles. The Kier molecular flexibility index (Phi) is 10.9. The molecule has 0 amide bonds. The number of carbonyl (C=O) groups is 1. The topological polar surface area (TPSA) is 72.5 Å². The molecule has 10 heteroatoms. The van der Waals surface area contributed by atoms with E-state index in [1.807, 2.05) is 0 Å².